The number of hydrogen-bond acceptors (Lipinski definition) is 9. The number of piperidine rings is 1. The Morgan fingerprint density at radius 2 is 1.76 bits per heavy atom. The lowest BCUT2D eigenvalue weighted by Gasteiger charge is -2.31. The van der Waals surface area contributed by atoms with Gasteiger partial charge in [-0.1, -0.05) is 6.07 Å². The second-order valence-electron chi connectivity index (χ2n) is 10.3. The predicted octanol–water partition coefficient (Wildman–Crippen LogP) is 3.78. The zero-order valence-electron chi connectivity index (χ0n) is 24.1. The second-order valence-corrected chi connectivity index (χ2v) is 10.3. The minimum absolute atomic E-state index is 0. The fourth-order valence-electron chi connectivity index (χ4n) is 5.07. The predicted molar refractivity (Wildman–Crippen MR) is 163 cm³/mol. The van der Waals surface area contributed by atoms with Crippen LogP contribution in [0.1, 0.15) is 28.8 Å². The number of H-pyrrole nitrogens is 1. The Morgan fingerprint density at radius 3 is 2.48 bits per heavy atom. The number of aliphatic hydroxyl groups excluding tert-OH is 1. The summed E-state index contributed by atoms with van der Waals surface area (Å²) in [5, 5.41) is 20.5. The van der Waals surface area contributed by atoms with Crippen LogP contribution in [-0.4, -0.2) is 72.5 Å². The highest BCUT2D eigenvalue weighted by molar-refractivity contribution is 5.97. The molecule has 0 aliphatic carbocycles. The van der Waals surface area contributed by atoms with Gasteiger partial charge in [-0.15, -0.1) is 17.5 Å². The molecule has 0 radical (unpaired) electrons. The fourth-order valence-corrected chi connectivity index (χ4v) is 5.07. The van der Waals surface area contributed by atoms with E-state index >= 15 is 4.39 Å². The number of rotatable bonds is 9. The standard InChI is InChI=1S/C31H26F2N6O6.ClH/c32-19-2-4-20(5-3-19)39-31(43)22(7-12-35-39)24(41)16-18-1-6-25(23(33)15-18)45-26-8-11-34-29-28(26)30(37-36-29)44-21-9-13-38(14-10-21)27(42)17-40;/h1-8,11-12,15,21,40H,9-10,13-14,16-17H2,(H,34,36,37);1H. The molecular weight excluding hydrogens is 626 g/mol. The van der Waals surface area contributed by atoms with Crippen LogP contribution in [0.4, 0.5) is 8.78 Å². The molecule has 4 heterocycles. The van der Waals surface area contributed by atoms with Crippen LogP contribution in [0.25, 0.3) is 16.7 Å². The van der Waals surface area contributed by atoms with E-state index in [4.69, 9.17) is 14.6 Å². The molecule has 2 aromatic carbocycles. The number of amides is 1. The minimum atomic E-state index is -0.740. The van der Waals surface area contributed by atoms with Gasteiger partial charge in [0, 0.05) is 50.8 Å². The Kier molecular flexibility index (Phi) is 9.68. The number of aromatic amines is 1. The van der Waals surface area contributed by atoms with Crippen LogP contribution in [0.5, 0.6) is 17.4 Å². The number of benzene rings is 2. The van der Waals surface area contributed by atoms with Crippen LogP contribution in [0, 0.1) is 11.6 Å². The van der Waals surface area contributed by atoms with Crippen molar-refractivity contribution in [1.29, 1.82) is 0 Å². The molecule has 1 saturated heterocycles. The van der Waals surface area contributed by atoms with Gasteiger partial charge < -0.3 is 19.5 Å². The first-order valence-corrected chi connectivity index (χ1v) is 14.0. The van der Waals surface area contributed by atoms with Gasteiger partial charge >= 0.3 is 0 Å². The monoisotopic (exact) mass is 652 g/mol. The summed E-state index contributed by atoms with van der Waals surface area (Å²) < 4.78 is 41.5. The van der Waals surface area contributed by atoms with Gasteiger partial charge in [-0.2, -0.15) is 9.78 Å². The number of carbonyl (C=O) groups excluding carboxylic acids is 2. The summed E-state index contributed by atoms with van der Waals surface area (Å²) in [7, 11) is 0. The minimum Gasteiger partial charge on any atom is -0.473 e. The first-order valence-electron chi connectivity index (χ1n) is 14.0. The Labute approximate surface area is 266 Å². The number of halogens is 3. The molecule has 2 N–H and O–H groups in total. The van der Waals surface area contributed by atoms with Gasteiger partial charge in [0.1, 0.15) is 29.7 Å². The number of nitrogens with zero attached hydrogens (tertiary/aromatic N) is 5. The van der Waals surface area contributed by atoms with Crippen LogP contribution in [0.15, 0.2) is 71.8 Å². The van der Waals surface area contributed by atoms with Crippen molar-refractivity contribution in [3.05, 3.63) is 100 Å². The summed E-state index contributed by atoms with van der Waals surface area (Å²) in [5.41, 5.74) is 0.139. The fraction of sp³-hybridized carbons (Fsp3) is 0.226. The number of ketones is 1. The van der Waals surface area contributed by atoms with E-state index in [9.17, 15) is 18.8 Å². The number of Topliss-reactive ketones (excluding diaryl/α,β-unsaturated/α-hetero) is 1. The number of hydrogen-bond donors (Lipinski definition) is 2. The van der Waals surface area contributed by atoms with E-state index in [-0.39, 0.29) is 53.8 Å². The van der Waals surface area contributed by atoms with Crippen LogP contribution in [0.3, 0.4) is 0 Å². The largest absolute Gasteiger partial charge is 0.473 e. The highest BCUT2D eigenvalue weighted by atomic mass is 35.5. The van der Waals surface area contributed by atoms with Crippen molar-refractivity contribution in [2.75, 3.05) is 19.7 Å². The highest BCUT2D eigenvalue weighted by Gasteiger charge is 2.26. The summed E-state index contributed by atoms with van der Waals surface area (Å²) in [6.45, 7) is 0.319. The van der Waals surface area contributed by atoms with Crippen LogP contribution < -0.4 is 15.0 Å². The number of aromatic nitrogens is 5. The lowest BCUT2D eigenvalue weighted by molar-refractivity contribution is -0.135. The molecular formula is C31H27ClF2N6O6. The molecule has 0 atom stereocenters. The zero-order chi connectivity index (χ0) is 31.5. The van der Waals surface area contributed by atoms with Crippen molar-refractivity contribution in [3.8, 4) is 23.1 Å². The van der Waals surface area contributed by atoms with E-state index in [1.165, 1.54) is 54.9 Å². The molecule has 1 amide bonds. The van der Waals surface area contributed by atoms with Crippen molar-refractivity contribution < 1.29 is 33.0 Å². The number of carbonyl (C=O) groups is 2. The van der Waals surface area contributed by atoms with Gasteiger partial charge in [0.15, 0.2) is 23.0 Å². The molecule has 0 spiro atoms. The van der Waals surface area contributed by atoms with E-state index in [0.717, 1.165) is 10.7 Å². The van der Waals surface area contributed by atoms with Crippen molar-refractivity contribution in [1.82, 2.24) is 29.9 Å². The maximum Gasteiger partial charge on any atom is 0.282 e. The van der Waals surface area contributed by atoms with Gasteiger partial charge in [0.2, 0.25) is 11.8 Å². The Hall–Kier alpha value is -5.21. The lowest BCUT2D eigenvalue weighted by atomic mass is 10.0. The molecule has 1 aliphatic rings. The van der Waals surface area contributed by atoms with Gasteiger partial charge in [-0.05, 0) is 48.0 Å². The molecule has 0 saturated carbocycles. The van der Waals surface area contributed by atoms with Gasteiger partial charge in [0.05, 0.1) is 11.3 Å². The van der Waals surface area contributed by atoms with Crippen molar-refractivity contribution in [2.24, 2.45) is 0 Å². The molecule has 6 rings (SSSR count). The number of pyridine rings is 1. The maximum absolute atomic E-state index is 15.3. The van der Waals surface area contributed by atoms with E-state index < -0.39 is 29.6 Å². The zero-order valence-corrected chi connectivity index (χ0v) is 24.9. The molecule has 1 fully saturated rings. The van der Waals surface area contributed by atoms with Crippen molar-refractivity contribution >= 4 is 35.1 Å². The molecule has 15 heteroatoms. The number of aliphatic hydroxyl groups is 1. The number of nitrogens with one attached hydrogen (secondary N) is 1. The van der Waals surface area contributed by atoms with E-state index in [0.29, 0.717) is 48.2 Å². The van der Waals surface area contributed by atoms with E-state index in [1.54, 1.807) is 11.0 Å². The third-order valence-corrected chi connectivity index (χ3v) is 7.40. The summed E-state index contributed by atoms with van der Waals surface area (Å²) in [6.07, 6.45) is 3.32. The third-order valence-electron chi connectivity index (χ3n) is 7.40. The first-order chi connectivity index (χ1) is 21.8. The molecule has 0 unspecified atom stereocenters. The lowest BCUT2D eigenvalue weighted by Crippen LogP contribution is -2.42. The molecule has 0 bridgehead atoms. The summed E-state index contributed by atoms with van der Waals surface area (Å²) >= 11 is 0. The van der Waals surface area contributed by atoms with Crippen LogP contribution in [-0.2, 0) is 11.2 Å². The quantitative estimate of drug-likeness (QED) is 0.227. The molecule has 5 aromatic rings. The first kappa shape index (κ1) is 32.2. The molecule has 12 nitrogen and oxygen atoms in total. The molecule has 46 heavy (non-hydrogen) atoms. The Bertz CT molecular complexity index is 1940. The molecule has 1 aliphatic heterocycles. The second kappa shape index (κ2) is 13.8. The smallest absolute Gasteiger partial charge is 0.282 e. The molecule has 238 valence electrons. The van der Waals surface area contributed by atoms with Gasteiger partial charge in [-0.25, -0.2) is 13.8 Å². The summed E-state index contributed by atoms with van der Waals surface area (Å²) in [6, 6.07) is 12.0. The van der Waals surface area contributed by atoms with Crippen LogP contribution >= 0.6 is 12.4 Å². The Morgan fingerprint density at radius 1 is 1.00 bits per heavy atom. The number of fused-ring (bicyclic) bond motifs is 1. The average molecular weight is 653 g/mol. The molecule has 3 aromatic heterocycles. The number of likely N-dealkylation sites (tertiary alicyclic amines) is 1. The summed E-state index contributed by atoms with van der Waals surface area (Å²) in [5.74, 6) is -1.78. The van der Waals surface area contributed by atoms with Crippen molar-refractivity contribution in [2.45, 2.75) is 25.4 Å². The van der Waals surface area contributed by atoms with E-state index in [2.05, 4.69) is 20.3 Å². The number of ether oxygens (including phenoxy) is 2. The highest BCUT2D eigenvalue weighted by Crippen LogP contribution is 2.36. The third kappa shape index (κ3) is 6.72. The maximum atomic E-state index is 15.3. The van der Waals surface area contributed by atoms with Gasteiger partial charge in [-0.3, -0.25) is 19.5 Å². The van der Waals surface area contributed by atoms with E-state index in [1.807, 2.05) is 0 Å². The van der Waals surface area contributed by atoms with Gasteiger partial charge in [0.25, 0.3) is 5.56 Å². The van der Waals surface area contributed by atoms with Crippen molar-refractivity contribution in [3.63, 3.8) is 0 Å². The topological polar surface area (TPSA) is 153 Å². The Balaban J connectivity index is 0.00000417. The average Bonchev–Trinajstić information content (AvgIpc) is 3.46. The summed E-state index contributed by atoms with van der Waals surface area (Å²) in [4.78, 5) is 43.5. The SMILES string of the molecule is Cl.O=C(Cc1ccc(Oc2ccnc3[nH]nc(OC4CCN(C(=O)CO)CC4)c23)c(F)c1)c1ccnn(-c2ccc(F)cc2)c1=O. The normalized spacial score (nSPS) is 13.3. The van der Waals surface area contributed by atoms with Crippen LogP contribution in [0.2, 0.25) is 0 Å².